The predicted molar refractivity (Wildman–Crippen MR) is 174 cm³/mol. The van der Waals surface area contributed by atoms with Crippen LogP contribution in [0.4, 0.5) is 11.8 Å². The molecule has 5 heterocycles. The molecule has 2 aromatic carbocycles. The van der Waals surface area contributed by atoms with Crippen molar-refractivity contribution in [1.82, 2.24) is 29.6 Å². The predicted octanol–water partition coefficient (Wildman–Crippen LogP) is 3.75. The smallest absolute Gasteiger partial charge is 0.229 e. The zero-order valence-electron chi connectivity index (χ0n) is 26.3. The molecule has 12 nitrogen and oxygen atoms in total. The Bertz CT molecular complexity index is 1720. The number of anilines is 2. The highest BCUT2D eigenvalue weighted by atomic mass is 16.6. The van der Waals surface area contributed by atoms with Crippen molar-refractivity contribution in [3.63, 3.8) is 0 Å². The van der Waals surface area contributed by atoms with E-state index >= 15 is 0 Å². The average Bonchev–Trinajstić information content (AvgIpc) is 3.89. The standard InChI is InChI=1S/C34H40N8O4/c1-4-23-17-26(46-39-23)30-28(43)29(44)33(45-30)42-20-36-27-31(37-34(38-32(27)42)41-16-15-24(19-41)40(2)3)35-18-25(21-11-7-5-8-12-21)22-13-9-6-10-14-22/h5-14,17,20,24-25,28-30,33,43-44H,4,15-16,18-19H2,1-3H3,(H,35,37,38)/t24-,28+,29-,30-,33-/m1/s1. The Morgan fingerprint density at radius 1 is 1.00 bits per heavy atom. The molecule has 2 fully saturated rings. The fraction of sp³-hybridized carbons (Fsp3) is 0.412. The summed E-state index contributed by atoms with van der Waals surface area (Å²) in [6.45, 7) is 4.14. The number of hydrogen-bond donors (Lipinski definition) is 3. The van der Waals surface area contributed by atoms with E-state index in [1.807, 2.05) is 19.1 Å². The van der Waals surface area contributed by atoms with Crippen molar-refractivity contribution in [3.8, 4) is 0 Å². The third kappa shape index (κ3) is 5.73. The SMILES string of the molecule is CCc1cc([C@H]2O[C@@H](n3cnc4c(NCC(c5ccccc5)c5ccccc5)nc(N5CC[C@@H](N(C)C)C5)nc43)[C@H](O)[C@@H]2O)on1. The van der Waals surface area contributed by atoms with Gasteiger partial charge in [0.25, 0.3) is 0 Å². The summed E-state index contributed by atoms with van der Waals surface area (Å²) in [5.41, 5.74) is 4.17. The fourth-order valence-corrected chi connectivity index (χ4v) is 6.45. The average molecular weight is 625 g/mol. The van der Waals surface area contributed by atoms with Crippen LogP contribution in [0.1, 0.15) is 54.2 Å². The molecule has 12 heteroatoms. The minimum absolute atomic E-state index is 0.0636. The van der Waals surface area contributed by atoms with Crippen LogP contribution in [0.3, 0.4) is 0 Å². The molecule has 0 unspecified atom stereocenters. The van der Waals surface area contributed by atoms with Gasteiger partial charge in [0, 0.05) is 37.7 Å². The Morgan fingerprint density at radius 2 is 1.72 bits per heavy atom. The van der Waals surface area contributed by atoms with Gasteiger partial charge in [-0.25, -0.2) is 4.98 Å². The number of aliphatic hydroxyl groups excluding tert-OH is 2. The van der Waals surface area contributed by atoms with E-state index in [-0.39, 0.29) is 5.92 Å². The highest BCUT2D eigenvalue weighted by molar-refractivity contribution is 5.84. The first-order valence-corrected chi connectivity index (χ1v) is 15.9. The molecule has 46 heavy (non-hydrogen) atoms. The number of hydrogen-bond acceptors (Lipinski definition) is 11. The van der Waals surface area contributed by atoms with E-state index < -0.39 is 24.5 Å². The van der Waals surface area contributed by atoms with Crippen molar-refractivity contribution in [3.05, 3.63) is 95.6 Å². The van der Waals surface area contributed by atoms with Crippen LogP contribution in [0.2, 0.25) is 0 Å². The van der Waals surface area contributed by atoms with Gasteiger partial charge < -0.3 is 34.6 Å². The lowest BCUT2D eigenvalue weighted by atomic mass is 9.91. The number of aliphatic hydroxyl groups is 2. The molecule has 0 bridgehead atoms. The third-order valence-corrected chi connectivity index (χ3v) is 9.20. The maximum atomic E-state index is 11.2. The van der Waals surface area contributed by atoms with Crippen molar-refractivity contribution >= 4 is 22.9 Å². The van der Waals surface area contributed by atoms with E-state index in [0.29, 0.717) is 47.7 Å². The van der Waals surface area contributed by atoms with Crippen molar-refractivity contribution in [2.45, 2.75) is 56.3 Å². The molecule has 2 saturated heterocycles. The summed E-state index contributed by atoms with van der Waals surface area (Å²) in [6.07, 6.45) is -1.05. The highest BCUT2D eigenvalue weighted by Crippen LogP contribution is 2.41. The molecule has 0 aliphatic carbocycles. The van der Waals surface area contributed by atoms with E-state index in [4.69, 9.17) is 24.2 Å². The zero-order valence-corrected chi connectivity index (χ0v) is 26.3. The first-order chi connectivity index (χ1) is 22.4. The molecule has 240 valence electrons. The molecule has 7 rings (SSSR count). The third-order valence-electron chi connectivity index (χ3n) is 9.20. The molecule has 0 amide bonds. The van der Waals surface area contributed by atoms with E-state index in [0.717, 1.165) is 25.2 Å². The molecule has 3 N–H and O–H groups in total. The Morgan fingerprint density at radius 3 is 2.35 bits per heavy atom. The number of rotatable bonds is 10. The lowest BCUT2D eigenvalue weighted by Gasteiger charge is -2.23. The van der Waals surface area contributed by atoms with Crippen LogP contribution in [0.25, 0.3) is 11.2 Å². The summed E-state index contributed by atoms with van der Waals surface area (Å²) in [7, 11) is 4.18. The maximum Gasteiger partial charge on any atom is 0.229 e. The molecule has 0 saturated carbocycles. The first-order valence-electron chi connectivity index (χ1n) is 15.9. The van der Waals surface area contributed by atoms with Crippen LogP contribution in [0, 0.1) is 0 Å². The summed E-state index contributed by atoms with van der Waals surface area (Å²) >= 11 is 0. The number of likely N-dealkylation sites (N-methyl/N-ethyl adjacent to an activating group) is 1. The van der Waals surface area contributed by atoms with Crippen LogP contribution >= 0.6 is 0 Å². The number of fused-ring (bicyclic) bond motifs is 1. The van der Waals surface area contributed by atoms with Gasteiger partial charge in [-0.3, -0.25) is 4.57 Å². The molecular weight excluding hydrogens is 584 g/mol. The summed E-state index contributed by atoms with van der Waals surface area (Å²) in [6, 6.07) is 22.9. The van der Waals surface area contributed by atoms with E-state index in [9.17, 15) is 10.2 Å². The Kier molecular flexibility index (Phi) is 8.43. The number of nitrogens with one attached hydrogen (secondary N) is 1. The molecule has 3 aromatic heterocycles. The fourth-order valence-electron chi connectivity index (χ4n) is 6.45. The van der Waals surface area contributed by atoms with Gasteiger partial charge in [0.1, 0.15) is 18.3 Å². The van der Waals surface area contributed by atoms with Crippen molar-refractivity contribution < 1.29 is 19.5 Å². The molecule has 2 aliphatic heterocycles. The molecule has 2 aliphatic rings. The van der Waals surface area contributed by atoms with Gasteiger partial charge in [-0.1, -0.05) is 72.7 Å². The topological polar surface area (TPSA) is 138 Å². The molecule has 5 atom stereocenters. The number of aromatic nitrogens is 5. The second-order valence-electron chi connectivity index (χ2n) is 12.3. The van der Waals surface area contributed by atoms with Gasteiger partial charge in [0.05, 0.1) is 12.0 Å². The number of nitrogens with zero attached hydrogens (tertiary/aromatic N) is 7. The molecule has 0 radical (unpaired) electrons. The van der Waals surface area contributed by atoms with Gasteiger partial charge in [0.2, 0.25) is 5.95 Å². The summed E-state index contributed by atoms with van der Waals surface area (Å²) < 4.78 is 13.4. The maximum absolute atomic E-state index is 11.2. The van der Waals surface area contributed by atoms with Crippen LogP contribution in [0.15, 0.2) is 77.6 Å². The zero-order chi connectivity index (χ0) is 31.8. The Hall–Kier alpha value is -4.36. The molecular formula is C34H40N8O4. The summed E-state index contributed by atoms with van der Waals surface area (Å²) in [5, 5.41) is 29.8. The quantitative estimate of drug-likeness (QED) is 0.209. The summed E-state index contributed by atoms with van der Waals surface area (Å²) in [4.78, 5) is 19.1. The lowest BCUT2D eigenvalue weighted by molar-refractivity contribution is -0.0434. The first kappa shape index (κ1) is 30.3. The van der Waals surface area contributed by atoms with Gasteiger partial charge in [-0.15, -0.1) is 0 Å². The highest BCUT2D eigenvalue weighted by Gasteiger charge is 2.47. The second kappa shape index (κ2) is 12.8. The van der Waals surface area contributed by atoms with E-state index in [1.54, 1.807) is 17.0 Å². The molecule has 5 aromatic rings. The van der Waals surface area contributed by atoms with Crippen molar-refractivity contribution in [2.24, 2.45) is 0 Å². The van der Waals surface area contributed by atoms with E-state index in [2.05, 4.69) is 82.9 Å². The normalized spacial score (nSPS) is 23.3. The van der Waals surface area contributed by atoms with Crippen LogP contribution < -0.4 is 10.2 Å². The van der Waals surface area contributed by atoms with Gasteiger partial charge in [-0.2, -0.15) is 9.97 Å². The van der Waals surface area contributed by atoms with Gasteiger partial charge in [0.15, 0.2) is 29.0 Å². The van der Waals surface area contributed by atoms with E-state index in [1.165, 1.54) is 11.1 Å². The van der Waals surface area contributed by atoms with Gasteiger partial charge >= 0.3 is 0 Å². The van der Waals surface area contributed by atoms with Crippen LogP contribution in [0.5, 0.6) is 0 Å². The largest absolute Gasteiger partial charge is 0.387 e. The van der Waals surface area contributed by atoms with Crippen LogP contribution in [-0.2, 0) is 11.2 Å². The Balaban J connectivity index is 1.25. The van der Waals surface area contributed by atoms with Gasteiger partial charge in [-0.05, 0) is 38.1 Å². The minimum atomic E-state index is -1.25. The minimum Gasteiger partial charge on any atom is -0.387 e. The monoisotopic (exact) mass is 624 g/mol. The van der Waals surface area contributed by atoms with Crippen LogP contribution in [-0.4, -0.2) is 91.8 Å². The number of ether oxygens (including phenoxy) is 1. The summed E-state index contributed by atoms with van der Waals surface area (Å²) in [5.74, 6) is 1.60. The van der Waals surface area contributed by atoms with Crippen molar-refractivity contribution in [1.29, 1.82) is 0 Å². The lowest BCUT2D eigenvalue weighted by Crippen LogP contribution is -2.32. The second-order valence-corrected chi connectivity index (χ2v) is 12.3. The Labute approximate surface area is 267 Å². The van der Waals surface area contributed by atoms with Crippen molar-refractivity contribution in [2.75, 3.05) is 43.9 Å². The molecule has 0 spiro atoms. The number of benzene rings is 2. The number of aryl methyl sites for hydroxylation is 1. The number of imidazole rings is 1.